The highest BCUT2D eigenvalue weighted by molar-refractivity contribution is 5.35. The van der Waals surface area contributed by atoms with E-state index in [2.05, 4.69) is 6.07 Å². The molecule has 3 N–H and O–H groups in total. The standard InChI is InChI=1S/C11H13N3/c12-7-8-2-1-3-9(6-8)11-10(13)4-5-14-11/h1-3,6,10-11,14H,4-5,13H2/t10?,11-/m1/s1/i/hD. The van der Waals surface area contributed by atoms with Crippen molar-refractivity contribution >= 4 is 0 Å². The van der Waals surface area contributed by atoms with Gasteiger partial charge in [-0.2, -0.15) is 5.26 Å². The minimum atomic E-state index is -0.0710. The molecule has 3 heteroatoms. The molecule has 2 atom stereocenters. The Kier molecular flexibility index (Phi) is 2.16. The Hall–Kier alpha value is -1.37. The number of benzene rings is 1. The van der Waals surface area contributed by atoms with Gasteiger partial charge in [0.05, 0.1) is 11.6 Å². The van der Waals surface area contributed by atoms with Gasteiger partial charge < -0.3 is 11.0 Å². The first-order valence-electron chi connectivity index (χ1n) is 5.18. The maximum absolute atomic E-state index is 8.79. The maximum Gasteiger partial charge on any atom is 0.123 e. The summed E-state index contributed by atoms with van der Waals surface area (Å²) >= 11 is 0. The molecule has 0 aliphatic carbocycles. The first-order valence-corrected chi connectivity index (χ1v) is 4.73. The van der Waals surface area contributed by atoms with Gasteiger partial charge in [-0.25, -0.2) is 0 Å². The fourth-order valence-corrected chi connectivity index (χ4v) is 1.80. The minimum absolute atomic E-state index is 0.00329. The molecule has 1 fully saturated rings. The molecule has 0 amide bonds. The van der Waals surface area contributed by atoms with Gasteiger partial charge in [0, 0.05) is 12.1 Å². The van der Waals surface area contributed by atoms with Gasteiger partial charge in [-0.3, -0.25) is 0 Å². The zero-order valence-corrected chi connectivity index (χ0v) is 7.85. The fraction of sp³-hybridized carbons (Fsp3) is 0.364. The van der Waals surface area contributed by atoms with Gasteiger partial charge in [0.25, 0.3) is 0 Å². The third kappa shape index (κ3) is 1.63. The van der Waals surface area contributed by atoms with Gasteiger partial charge in [-0.1, -0.05) is 12.1 Å². The van der Waals surface area contributed by atoms with Crippen molar-refractivity contribution in [3.8, 4) is 6.07 Å². The summed E-state index contributed by atoms with van der Waals surface area (Å²) < 4.78 is 7.76. The van der Waals surface area contributed by atoms with E-state index >= 15 is 0 Å². The number of nitriles is 1. The van der Waals surface area contributed by atoms with E-state index in [0.717, 1.165) is 12.0 Å². The first kappa shape index (κ1) is 7.98. The largest absolute Gasteiger partial charge is 0.326 e. The van der Waals surface area contributed by atoms with Crippen LogP contribution in [0.25, 0.3) is 0 Å². The molecule has 3 nitrogen and oxygen atoms in total. The molecule has 1 aromatic carbocycles. The lowest BCUT2D eigenvalue weighted by Crippen LogP contribution is -2.28. The van der Waals surface area contributed by atoms with Gasteiger partial charge in [-0.15, -0.1) is 0 Å². The van der Waals surface area contributed by atoms with Crippen molar-refractivity contribution in [3.63, 3.8) is 0 Å². The van der Waals surface area contributed by atoms with Crippen LogP contribution in [0.5, 0.6) is 0 Å². The third-order valence-electron chi connectivity index (χ3n) is 2.55. The second kappa shape index (κ2) is 3.79. The van der Waals surface area contributed by atoms with E-state index in [1.165, 1.54) is 5.31 Å². The second-order valence-corrected chi connectivity index (χ2v) is 3.54. The Balaban J connectivity index is 2.32. The summed E-state index contributed by atoms with van der Waals surface area (Å²) in [7, 11) is 0. The summed E-state index contributed by atoms with van der Waals surface area (Å²) in [4.78, 5) is 0. The monoisotopic (exact) mass is 188 g/mol. The molecule has 0 spiro atoms. The number of nitrogens with zero attached hydrogens (tertiary/aromatic N) is 1. The van der Waals surface area contributed by atoms with Gasteiger partial charge in [-0.05, 0) is 30.7 Å². The highest BCUT2D eigenvalue weighted by Crippen LogP contribution is 2.22. The zero-order chi connectivity index (χ0) is 10.8. The van der Waals surface area contributed by atoms with Crippen molar-refractivity contribution in [2.24, 2.45) is 5.73 Å². The smallest absolute Gasteiger partial charge is 0.123 e. The van der Waals surface area contributed by atoms with Crippen molar-refractivity contribution in [2.45, 2.75) is 18.5 Å². The van der Waals surface area contributed by atoms with Crippen molar-refractivity contribution in [2.75, 3.05) is 6.54 Å². The third-order valence-corrected chi connectivity index (χ3v) is 2.55. The Labute approximate surface area is 85.0 Å². The highest BCUT2D eigenvalue weighted by Gasteiger charge is 2.24. The number of nitrogens with one attached hydrogen (secondary N) is 1. The lowest BCUT2D eigenvalue weighted by atomic mass is 10.00. The molecule has 14 heavy (non-hydrogen) atoms. The molecule has 1 aromatic rings. The SMILES string of the molecule is [2H]N1CCC(N)[C@H]1c1cccc(C#N)c1. The Morgan fingerprint density at radius 1 is 1.64 bits per heavy atom. The predicted octanol–water partition coefficient (Wildman–Crippen LogP) is 0.920. The maximum atomic E-state index is 8.79. The zero-order valence-electron chi connectivity index (χ0n) is 8.85. The normalized spacial score (nSPS) is 28.4. The van der Waals surface area contributed by atoms with E-state index in [1.807, 2.05) is 18.2 Å². The van der Waals surface area contributed by atoms with Crippen LogP contribution in [0.15, 0.2) is 24.3 Å². The molecule has 2 rings (SSSR count). The topological polar surface area (TPSA) is 61.8 Å². The quantitative estimate of drug-likeness (QED) is 0.689. The predicted molar refractivity (Wildman–Crippen MR) is 54.5 cm³/mol. The van der Waals surface area contributed by atoms with Crippen LogP contribution < -0.4 is 11.0 Å². The van der Waals surface area contributed by atoms with Crippen LogP contribution in [0.4, 0.5) is 0 Å². The second-order valence-electron chi connectivity index (χ2n) is 3.54. The van der Waals surface area contributed by atoms with Gasteiger partial charge >= 0.3 is 0 Å². The fourth-order valence-electron chi connectivity index (χ4n) is 1.80. The van der Waals surface area contributed by atoms with E-state index < -0.39 is 0 Å². The van der Waals surface area contributed by atoms with Crippen molar-refractivity contribution in [1.29, 1.82) is 5.26 Å². The van der Waals surface area contributed by atoms with E-state index in [4.69, 9.17) is 12.4 Å². The minimum Gasteiger partial charge on any atom is -0.326 e. The van der Waals surface area contributed by atoms with Crippen LogP contribution in [-0.4, -0.2) is 12.6 Å². The molecular formula is C11H13N3. The van der Waals surface area contributed by atoms with E-state index in [0.29, 0.717) is 12.1 Å². The highest BCUT2D eigenvalue weighted by atomic mass is 15.0. The molecule has 1 aliphatic heterocycles. The summed E-state index contributed by atoms with van der Waals surface area (Å²) in [5.41, 5.74) is 7.54. The summed E-state index contributed by atoms with van der Waals surface area (Å²) in [6.07, 6.45) is 0.838. The summed E-state index contributed by atoms with van der Waals surface area (Å²) in [5, 5.41) is 10.3. The van der Waals surface area contributed by atoms with Gasteiger partial charge in [0.15, 0.2) is 0 Å². The molecule has 1 heterocycles. The van der Waals surface area contributed by atoms with E-state index in [9.17, 15) is 0 Å². The van der Waals surface area contributed by atoms with Gasteiger partial charge in [0.1, 0.15) is 1.41 Å². The number of rotatable bonds is 1. The van der Waals surface area contributed by atoms with Gasteiger partial charge in [0.2, 0.25) is 0 Å². The Morgan fingerprint density at radius 3 is 3.14 bits per heavy atom. The van der Waals surface area contributed by atoms with Crippen molar-refractivity contribution < 1.29 is 1.41 Å². The lowest BCUT2D eigenvalue weighted by molar-refractivity contribution is 0.571. The Bertz CT molecular complexity index is 389. The summed E-state index contributed by atoms with van der Waals surface area (Å²) in [6, 6.07) is 9.37. The molecule has 1 aliphatic rings. The molecule has 0 radical (unpaired) electrons. The number of nitrogens with two attached hydrogens (primary N) is 1. The summed E-state index contributed by atoms with van der Waals surface area (Å²) in [5.74, 6) is 0. The molecule has 0 aromatic heterocycles. The number of hydrogen-bond acceptors (Lipinski definition) is 3. The van der Waals surface area contributed by atoms with Crippen LogP contribution >= 0.6 is 0 Å². The van der Waals surface area contributed by atoms with Crippen LogP contribution in [0.2, 0.25) is 1.41 Å². The first-order chi connectivity index (χ1) is 7.22. The van der Waals surface area contributed by atoms with Crippen LogP contribution in [0.3, 0.4) is 0 Å². The average molecular weight is 188 g/mol. The number of hydrogen-bond donors (Lipinski definition) is 2. The van der Waals surface area contributed by atoms with Crippen LogP contribution in [0.1, 0.15) is 23.6 Å². The lowest BCUT2D eigenvalue weighted by Gasteiger charge is -2.15. The Morgan fingerprint density at radius 2 is 2.50 bits per heavy atom. The average Bonchev–Trinajstić information content (AvgIpc) is 2.59. The van der Waals surface area contributed by atoms with Crippen molar-refractivity contribution in [3.05, 3.63) is 35.4 Å². The molecule has 1 unspecified atom stereocenters. The van der Waals surface area contributed by atoms with Crippen LogP contribution in [0, 0.1) is 11.3 Å². The molecule has 0 saturated carbocycles. The van der Waals surface area contributed by atoms with Crippen LogP contribution in [-0.2, 0) is 0 Å². The molecule has 0 bridgehead atoms. The molecule has 72 valence electrons. The van der Waals surface area contributed by atoms with Crippen molar-refractivity contribution in [1.82, 2.24) is 5.31 Å². The van der Waals surface area contributed by atoms with E-state index in [1.54, 1.807) is 6.07 Å². The summed E-state index contributed by atoms with van der Waals surface area (Å²) in [6.45, 7) is 0.697. The molecule has 1 saturated heterocycles. The van der Waals surface area contributed by atoms with E-state index in [-0.39, 0.29) is 12.1 Å². The molecular weight excluding hydrogens is 174 g/mol.